The second kappa shape index (κ2) is 7.19. The normalized spacial score (nSPS) is 18.5. The molecule has 2 rings (SSSR count). The number of rotatable bonds is 6. The number of nitrogens with one attached hydrogen (secondary N) is 1. The Kier molecular flexibility index (Phi) is 5.79. The van der Waals surface area contributed by atoms with E-state index in [1.165, 1.54) is 11.3 Å². The van der Waals surface area contributed by atoms with Crippen LogP contribution >= 0.6 is 11.3 Å². The largest absolute Gasteiger partial charge is 0.319 e. The first kappa shape index (κ1) is 16.9. The van der Waals surface area contributed by atoms with Crippen molar-refractivity contribution in [3.8, 4) is 0 Å². The second-order valence-corrected chi connectivity index (χ2v) is 9.02. The minimum absolute atomic E-state index is 0.119. The van der Waals surface area contributed by atoms with Crippen LogP contribution in [0, 0.1) is 0 Å². The van der Waals surface area contributed by atoms with E-state index < -0.39 is 10.0 Å². The van der Waals surface area contributed by atoms with Crippen LogP contribution < -0.4 is 5.32 Å². The summed E-state index contributed by atoms with van der Waals surface area (Å²) in [6.45, 7) is 2.79. The lowest BCUT2D eigenvalue weighted by molar-refractivity contribution is 0.198. The first-order chi connectivity index (χ1) is 9.95. The molecule has 7 heteroatoms. The van der Waals surface area contributed by atoms with Crippen molar-refractivity contribution in [2.75, 3.05) is 40.8 Å². The van der Waals surface area contributed by atoms with Gasteiger partial charge in [0.2, 0.25) is 0 Å². The van der Waals surface area contributed by atoms with Crippen molar-refractivity contribution in [1.29, 1.82) is 0 Å². The van der Waals surface area contributed by atoms with Crippen molar-refractivity contribution in [3.05, 3.63) is 17.0 Å². The maximum atomic E-state index is 12.7. The second-order valence-electron chi connectivity index (χ2n) is 5.63. The number of piperidine rings is 1. The molecule has 0 atom stereocenters. The zero-order chi connectivity index (χ0) is 15.5. The summed E-state index contributed by atoms with van der Waals surface area (Å²) >= 11 is 1.39. The molecule has 1 aromatic rings. The molecule has 0 aromatic carbocycles. The van der Waals surface area contributed by atoms with Crippen LogP contribution in [0.25, 0.3) is 0 Å². The highest BCUT2D eigenvalue weighted by Crippen LogP contribution is 2.27. The monoisotopic (exact) mass is 331 g/mol. The van der Waals surface area contributed by atoms with E-state index >= 15 is 0 Å². The number of sulfonamides is 1. The zero-order valence-corrected chi connectivity index (χ0v) is 14.6. The molecule has 1 aliphatic rings. The van der Waals surface area contributed by atoms with Gasteiger partial charge in [-0.15, -0.1) is 11.3 Å². The smallest absolute Gasteiger partial charge is 0.252 e. The summed E-state index contributed by atoms with van der Waals surface area (Å²) in [5, 5.41) is 3.08. The number of hydrogen-bond donors (Lipinski definition) is 1. The molecule has 120 valence electrons. The topological polar surface area (TPSA) is 52.7 Å². The van der Waals surface area contributed by atoms with Crippen molar-refractivity contribution in [3.63, 3.8) is 0 Å². The minimum atomic E-state index is -3.35. The maximum absolute atomic E-state index is 12.7. The van der Waals surface area contributed by atoms with E-state index in [2.05, 4.69) is 17.3 Å². The summed E-state index contributed by atoms with van der Waals surface area (Å²) in [4.78, 5) is 3.36. The van der Waals surface area contributed by atoms with Crippen molar-refractivity contribution in [2.24, 2.45) is 0 Å². The van der Waals surface area contributed by atoms with Crippen molar-refractivity contribution in [1.82, 2.24) is 14.5 Å². The van der Waals surface area contributed by atoms with E-state index in [1.807, 2.05) is 13.1 Å². The molecule has 1 saturated heterocycles. The van der Waals surface area contributed by atoms with Gasteiger partial charge in [-0.1, -0.05) is 0 Å². The zero-order valence-electron chi connectivity index (χ0n) is 13.0. The first-order valence-electron chi connectivity index (χ1n) is 7.35. The van der Waals surface area contributed by atoms with Crippen LogP contribution in [0.1, 0.15) is 17.7 Å². The molecule has 21 heavy (non-hydrogen) atoms. The average molecular weight is 332 g/mol. The van der Waals surface area contributed by atoms with Gasteiger partial charge in [0.05, 0.1) is 0 Å². The molecule has 2 heterocycles. The molecule has 0 saturated carbocycles. The summed E-state index contributed by atoms with van der Waals surface area (Å²) in [6, 6.07) is 3.79. The van der Waals surface area contributed by atoms with Crippen molar-refractivity contribution >= 4 is 21.4 Å². The van der Waals surface area contributed by atoms with Crippen LogP contribution in [0.2, 0.25) is 0 Å². The fraction of sp³-hybridized carbons (Fsp3) is 0.714. The fourth-order valence-electron chi connectivity index (χ4n) is 2.58. The molecule has 5 nitrogen and oxygen atoms in total. The third kappa shape index (κ3) is 4.04. The molecule has 1 N–H and O–H groups in total. The summed E-state index contributed by atoms with van der Waals surface area (Å²) in [5.41, 5.74) is 0. The predicted molar refractivity (Wildman–Crippen MR) is 87.4 cm³/mol. The number of hydrogen-bond acceptors (Lipinski definition) is 5. The predicted octanol–water partition coefficient (Wildman–Crippen LogP) is 1.22. The van der Waals surface area contributed by atoms with Gasteiger partial charge in [-0.25, -0.2) is 8.42 Å². The molecule has 1 fully saturated rings. The van der Waals surface area contributed by atoms with Gasteiger partial charge in [0.15, 0.2) is 0 Å². The molecule has 0 radical (unpaired) electrons. The number of likely N-dealkylation sites (N-methyl/N-ethyl adjacent to an activating group) is 1. The van der Waals surface area contributed by atoms with Gasteiger partial charge < -0.3 is 10.2 Å². The number of likely N-dealkylation sites (tertiary alicyclic amines) is 1. The van der Waals surface area contributed by atoms with Crippen LogP contribution in [0.3, 0.4) is 0 Å². The van der Waals surface area contributed by atoms with E-state index in [-0.39, 0.29) is 6.04 Å². The van der Waals surface area contributed by atoms with Crippen molar-refractivity contribution in [2.45, 2.75) is 29.5 Å². The number of nitrogens with zero attached hydrogens (tertiary/aromatic N) is 2. The van der Waals surface area contributed by atoms with E-state index in [9.17, 15) is 8.42 Å². The van der Waals surface area contributed by atoms with Crippen LogP contribution in [-0.4, -0.2) is 64.4 Å². The SMILES string of the molecule is CNCCc1ccc(S(=O)(=O)N(C)C2CCN(C)CC2)s1. The van der Waals surface area contributed by atoms with Crippen LogP contribution in [0.15, 0.2) is 16.3 Å². The van der Waals surface area contributed by atoms with Gasteiger partial charge in [0, 0.05) is 18.0 Å². The van der Waals surface area contributed by atoms with Crippen LogP contribution in [0.5, 0.6) is 0 Å². The van der Waals surface area contributed by atoms with Gasteiger partial charge in [-0.2, -0.15) is 4.31 Å². The Hall–Kier alpha value is -0.470. The molecule has 0 amide bonds. The van der Waals surface area contributed by atoms with Gasteiger partial charge in [0.25, 0.3) is 10.0 Å². The highest BCUT2D eigenvalue weighted by atomic mass is 32.2. The molecular formula is C14H25N3O2S2. The summed E-state index contributed by atoms with van der Waals surface area (Å²) in [5.74, 6) is 0. The van der Waals surface area contributed by atoms with E-state index in [4.69, 9.17) is 0 Å². The number of thiophene rings is 1. The third-order valence-corrected chi connectivity index (χ3v) is 7.62. The summed E-state index contributed by atoms with van der Waals surface area (Å²) in [6.07, 6.45) is 2.68. The van der Waals surface area contributed by atoms with E-state index in [1.54, 1.807) is 17.4 Å². The minimum Gasteiger partial charge on any atom is -0.319 e. The molecule has 0 aliphatic carbocycles. The Balaban J connectivity index is 2.07. The average Bonchev–Trinajstić information content (AvgIpc) is 2.94. The Labute approximate surface area is 132 Å². The molecule has 0 unspecified atom stereocenters. The molecule has 1 aliphatic heterocycles. The Morgan fingerprint density at radius 1 is 1.38 bits per heavy atom. The third-order valence-electron chi connectivity index (χ3n) is 4.09. The highest BCUT2D eigenvalue weighted by molar-refractivity contribution is 7.91. The molecular weight excluding hydrogens is 306 g/mol. The lowest BCUT2D eigenvalue weighted by Gasteiger charge is -2.34. The van der Waals surface area contributed by atoms with E-state index in [0.29, 0.717) is 4.21 Å². The Bertz CT molecular complexity index is 548. The van der Waals surface area contributed by atoms with E-state index in [0.717, 1.165) is 43.8 Å². The van der Waals surface area contributed by atoms with Gasteiger partial charge in [0.1, 0.15) is 4.21 Å². The van der Waals surface area contributed by atoms with Gasteiger partial charge >= 0.3 is 0 Å². The van der Waals surface area contributed by atoms with Crippen molar-refractivity contribution < 1.29 is 8.42 Å². The fourth-order valence-corrected chi connectivity index (χ4v) is 5.53. The molecule has 0 spiro atoms. The lowest BCUT2D eigenvalue weighted by atomic mass is 10.1. The van der Waals surface area contributed by atoms with Gasteiger partial charge in [-0.05, 0) is 65.1 Å². The molecule has 1 aromatic heterocycles. The van der Waals surface area contributed by atoms with Crippen LogP contribution in [0.4, 0.5) is 0 Å². The van der Waals surface area contributed by atoms with Crippen LogP contribution in [-0.2, 0) is 16.4 Å². The standard InChI is InChI=1S/C14H25N3O2S2/c1-15-9-6-13-4-5-14(20-13)21(18,19)17(3)12-7-10-16(2)11-8-12/h4-5,12,15H,6-11H2,1-3H3. The summed E-state index contributed by atoms with van der Waals surface area (Å²) < 4.78 is 27.5. The lowest BCUT2D eigenvalue weighted by Crippen LogP contribution is -2.44. The Morgan fingerprint density at radius 2 is 2.05 bits per heavy atom. The Morgan fingerprint density at radius 3 is 2.67 bits per heavy atom. The quantitative estimate of drug-likeness (QED) is 0.852. The maximum Gasteiger partial charge on any atom is 0.252 e. The molecule has 0 bridgehead atoms. The first-order valence-corrected chi connectivity index (χ1v) is 9.60. The summed E-state index contributed by atoms with van der Waals surface area (Å²) in [7, 11) is 2.36. The van der Waals surface area contributed by atoms with Gasteiger partial charge in [-0.3, -0.25) is 0 Å². The highest BCUT2D eigenvalue weighted by Gasteiger charge is 2.31.